The second-order valence-corrected chi connectivity index (χ2v) is 12.2. The maximum atomic E-state index is 12.7. The molecule has 2 aliphatic rings. The monoisotopic (exact) mass is 559 g/mol. The molecule has 41 heavy (non-hydrogen) atoms. The van der Waals surface area contributed by atoms with E-state index >= 15 is 0 Å². The molecule has 3 heterocycles. The number of aromatic nitrogens is 2. The number of thiophene rings is 1. The number of hydrogen-bond donors (Lipinski definition) is 0. The molecule has 3 aromatic carbocycles. The molecule has 5 aromatic rings. The first-order valence-electron chi connectivity index (χ1n) is 14.6. The molecule has 0 saturated heterocycles. The van der Waals surface area contributed by atoms with Crippen LogP contribution in [0.15, 0.2) is 90.3 Å². The van der Waals surface area contributed by atoms with Gasteiger partial charge in [-0.25, -0.2) is 4.79 Å². The van der Waals surface area contributed by atoms with Gasteiger partial charge in [0.25, 0.3) is 0 Å². The molecule has 7 rings (SSSR count). The van der Waals surface area contributed by atoms with Crippen LogP contribution in [-0.2, 0) is 24.3 Å². The average Bonchev–Trinajstić information content (AvgIpc) is 3.54. The van der Waals surface area contributed by atoms with Crippen molar-refractivity contribution in [3.8, 4) is 11.3 Å². The Kier molecular flexibility index (Phi) is 7.24. The average molecular weight is 560 g/mol. The van der Waals surface area contributed by atoms with Gasteiger partial charge < -0.3 is 9.64 Å². The molecule has 0 N–H and O–H groups in total. The van der Waals surface area contributed by atoms with Crippen LogP contribution in [0.25, 0.3) is 21.3 Å². The molecule has 1 aliphatic heterocycles. The van der Waals surface area contributed by atoms with Crippen LogP contribution in [0.3, 0.4) is 0 Å². The van der Waals surface area contributed by atoms with Crippen LogP contribution in [-0.4, -0.2) is 27.7 Å². The molecule has 1 saturated carbocycles. The zero-order valence-corrected chi connectivity index (χ0v) is 23.9. The number of carbonyl (C=O) groups excluding carboxylic acids is 1. The molecule has 0 unspecified atom stereocenters. The summed E-state index contributed by atoms with van der Waals surface area (Å²) in [4.78, 5) is 14.5. The topological polar surface area (TPSA) is 55.3 Å². The second-order valence-electron chi connectivity index (χ2n) is 11.3. The Morgan fingerprint density at radius 2 is 1.61 bits per heavy atom. The van der Waals surface area contributed by atoms with Gasteiger partial charge in [-0.3, -0.25) is 0 Å². The molecule has 0 radical (unpaired) electrons. The minimum Gasteiger partial charge on any atom is -0.445 e. The highest BCUT2D eigenvalue weighted by Gasteiger charge is 2.28. The van der Waals surface area contributed by atoms with Gasteiger partial charge in [-0.2, -0.15) is 5.10 Å². The number of amides is 1. The summed E-state index contributed by atoms with van der Waals surface area (Å²) in [5.41, 5.74) is 8.12. The van der Waals surface area contributed by atoms with Crippen LogP contribution in [0, 0.1) is 0 Å². The summed E-state index contributed by atoms with van der Waals surface area (Å²) < 4.78 is 6.86. The van der Waals surface area contributed by atoms with Crippen molar-refractivity contribution in [2.75, 3.05) is 6.54 Å². The zero-order chi connectivity index (χ0) is 27.6. The molecule has 206 valence electrons. The molecule has 1 aliphatic carbocycles. The number of rotatable bonds is 5. The Morgan fingerprint density at radius 1 is 0.854 bits per heavy atom. The largest absolute Gasteiger partial charge is 0.445 e. The number of ether oxygens (including phenoxy) is 1. The highest BCUT2D eigenvalue weighted by atomic mass is 32.1. The van der Waals surface area contributed by atoms with Crippen LogP contribution in [0.5, 0.6) is 0 Å². The van der Waals surface area contributed by atoms with Crippen LogP contribution in [0.4, 0.5) is 4.79 Å². The van der Waals surface area contributed by atoms with Crippen molar-refractivity contribution in [1.82, 2.24) is 15.1 Å². The molecule has 0 spiro atoms. The van der Waals surface area contributed by atoms with E-state index in [2.05, 4.69) is 60.0 Å². The first-order chi connectivity index (χ1) is 20.2. The summed E-state index contributed by atoms with van der Waals surface area (Å²) in [5, 5.41) is 13.1. The first kappa shape index (κ1) is 25.9. The summed E-state index contributed by atoms with van der Waals surface area (Å²) in [6.45, 7) is 1.50. The van der Waals surface area contributed by atoms with Gasteiger partial charge in [-0.1, -0.05) is 72.8 Å². The van der Waals surface area contributed by atoms with E-state index in [-0.39, 0.29) is 6.09 Å². The summed E-state index contributed by atoms with van der Waals surface area (Å²) in [6.07, 6.45) is 5.25. The van der Waals surface area contributed by atoms with Gasteiger partial charge in [-0.15, -0.1) is 16.4 Å². The predicted molar refractivity (Wildman–Crippen MR) is 164 cm³/mol. The summed E-state index contributed by atoms with van der Waals surface area (Å²) in [7, 11) is 0. The van der Waals surface area contributed by atoms with E-state index in [1.54, 1.807) is 16.2 Å². The third kappa shape index (κ3) is 5.36. The van der Waals surface area contributed by atoms with Crippen molar-refractivity contribution in [2.45, 2.75) is 57.1 Å². The standard InChI is InChI=1S/C35H33N3O2S/c39-35(40-23-24-7-3-1-4-8-24)38-19-17-28-21-29(15-16-30(28)22-38)32-31-18-20-41-34(31)33(37-36-32)27-13-11-26(12-14-27)25-9-5-2-6-10-25/h1-10,15-16,18,20-21,26-27H,11-14,17,19,22-23H2/t26-,27-. The van der Waals surface area contributed by atoms with Crippen molar-refractivity contribution in [3.05, 3.63) is 118 Å². The Morgan fingerprint density at radius 3 is 2.41 bits per heavy atom. The van der Waals surface area contributed by atoms with E-state index in [4.69, 9.17) is 14.9 Å². The van der Waals surface area contributed by atoms with Crippen LogP contribution >= 0.6 is 11.3 Å². The van der Waals surface area contributed by atoms with Gasteiger partial charge in [0.2, 0.25) is 0 Å². The third-order valence-electron chi connectivity index (χ3n) is 8.75. The highest BCUT2D eigenvalue weighted by molar-refractivity contribution is 7.17. The molecule has 2 aromatic heterocycles. The maximum absolute atomic E-state index is 12.7. The minimum atomic E-state index is -0.261. The highest BCUT2D eigenvalue weighted by Crippen LogP contribution is 2.43. The lowest BCUT2D eigenvalue weighted by Crippen LogP contribution is -2.36. The lowest BCUT2D eigenvalue weighted by Gasteiger charge is -2.29. The lowest BCUT2D eigenvalue weighted by molar-refractivity contribution is 0.0918. The van der Waals surface area contributed by atoms with E-state index < -0.39 is 0 Å². The minimum absolute atomic E-state index is 0.261. The van der Waals surface area contributed by atoms with Crippen molar-refractivity contribution in [3.63, 3.8) is 0 Å². The molecule has 1 amide bonds. The van der Waals surface area contributed by atoms with Crippen LogP contribution in [0.1, 0.15) is 65.5 Å². The smallest absolute Gasteiger partial charge is 0.410 e. The van der Waals surface area contributed by atoms with Gasteiger partial charge in [0, 0.05) is 30.0 Å². The van der Waals surface area contributed by atoms with Crippen molar-refractivity contribution >= 4 is 27.5 Å². The maximum Gasteiger partial charge on any atom is 0.410 e. The second kappa shape index (κ2) is 11.5. The van der Waals surface area contributed by atoms with Crippen LogP contribution in [0.2, 0.25) is 0 Å². The number of hydrogen-bond acceptors (Lipinski definition) is 5. The Balaban J connectivity index is 1.05. The molecule has 0 atom stereocenters. The lowest BCUT2D eigenvalue weighted by atomic mass is 9.77. The van der Waals surface area contributed by atoms with E-state index in [0.29, 0.717) is 31.5 Å². The van der Waals surface area contributed by atoms with E-state index in [1.807, 2.05) is 30.3 Å². The Hall–Kier alpha value is -4.03. The van der Waals surface area contributed by atoms with Gasteiger partial charge in [-0.05, 0) is 77.8 Å². The van der Waals surface area contributed by atoms with E-state index in [0.717, 1.165) is 41.6 Å². The van der Waals surface area contributed by atoms with E-state index in [9.17, 15) is 4.79 Å². The predicted octanol–water partition coefficient (Wildman–Crippen LogP) is 8.49. The van der Waals surface area contributed by atoms with Crippen molar-refractivity contribution in [2.24, 2.45) is 0 Å². The van der Waals surface area contributed by atoms with Crippen molar-refractivity contribution in [1.29, 1.82) is 0 Å². The quantitative estimate of drug-likeness (QED) is 0.217. The third-order valence-corrected chi connectivity index (χ3v) is 9.69. The number of benzene rings is 3. The van der Waals surface area contributed by atoms with Gasteiger partial charge in [0.15, 0.2) is 0 Å². The summed E-state index contributed by atoms with van der Waals surface area (Å²) in [5.74, 6) is 1.12. The van der Waals surface area contributed by atoms with Crippen LogP contribution < -0.4 is 0 Å². The molecule has 1 fully saturated rings. The summed E-state index contributed by atoms with van der Waals surface area (Å²) in [6, 6.07) is 29.5. The van der Waals surface area contributed by atoms with Crippen molar-refractivity contribution < 1.29 is 9.53 Å². The van der Waals surface area contributed by atoms with E-state index in [1.165, 1.54) is 39.7 Å². The Bertz CT molecular complexity index is 1660. The van der Waals surface area contributed by atoms with Gasteiger partial charge >= 0.3 is 6.09 Å². The fourth-order valence-corrected chi connectivity index (χ4v) is 7.43. The molecular weight excluding hydrogens is 526 g/mol. The fourth-order valence-electron chi connectivity index (χ4n) is 6.47. The Labute approximate surface area is 244 Å². The number of nitrogens with zero attached hydrogens (tertiary/aromatic N) is 3. The van der Waals surface area contributed by atoms with Gasteiger partial charge in [0.05, 0.1) is 10.4 Å². The summed E-state index contributed by atoms with van der Waals surface area (Å²) >= 11 is 1.79. The SMILES string of the molecule is O=C(OCc1ccccc1)N1CCc2cc(-c3nnc([C@H]4CC[C@H](c5ccccc5)CC4)c4sccc34)ccc2C1. The molecule has 0 bridgehead atoms. The number of fused-ring (bicyclic) bond motifs is 2. The normalized spacial score (nSPS) is 18.7. The fraction of sp³-hybridized carbons (Fsp3) is 0.286. The molecular formula is C35H33N3O2S. The molecule has 5 nitrogen and oxygen atoms in total. The first-order valence-corrected chi connectivity index (χ1v) is 15.5. The molecule has 6 heteroatoms. The van der Waals surface area contributed by atoms with Gasteiger partial charge in [0.1, 0.15) is 12.3 Å². The number of carbonyl (C=O) groups is 1. The zero-order valence-electron chi connectivity index (χ0n) is 23.0.